The molecule has 5 heteroatoms. The Kier molecular flexibility index (Phi) is 4.50. The summed E-state index contributed by atoms with van der Waals surface area (Å²) >= 11 is 3.22. The highest BCUT2D eigenvalue weighted by atomic mass is 79.9. The summed E-state index contributed by atoms with van der Waals surface area (Å²) in [5.41, 5.74) is 0.926. The van der Waals surface area contributed by atoms with Crippen LogP contribution in [0.4, 0.5) is 4.39 Å². The summed E-state index contributed by atoms with van der Waals surface area (Å²) in [7, 11) is 1.88. The Bertz CT molecular complexity index is 540. The van der Waals surface area contributed by atoms with Crippen molar-refractivity contribution < 1.29 is 9.13 Å². The fraction of sp³-hybridized carbons (Fsp3) is 0.214. The van der Waals surface area contributed by atoms with Crippen LogP contribution in [0.2, 0.25) is 0 Å². The average molecular weight is 325 g/mol. The van der Waals surface area contributed by atoms with Crippen LogP contribution in [0.3, 0.4) is 0 Å². The quantitative estimate of drug-likeness (QED) is 0.921. The molecule has 2 rings (SSSR count). The lowest BCUT2D eigenvalue weighted by Gasteiger charge is -2.10. The van der Waals surface area contributed by atoms with Crippen molar-refractivity contribution in [3.8, 4) is 11.5 Å². The van der Waals surface area contributed by atoms with Crippen molar-refractivity contribution in [3.63, 3.8) is 0 Å². The molecule has 0 saturated carbocycles. The van der Waals surface area contributed by atoms with Crippen molar-refractivity contribution in [1.82, 2.24) is 10.3 Å². The standard InChI is InChI=1S/C14H14BrFN2O/c1-9(17-2)14-4-3-12(8-18-14)19-13-6-10(15)5-11(16)7-13/h3-9,17H,1-2H3. The molecule has 1 N–H and O–H groups in total. The third-order valence-corrected chi connectivity index (χ3v) is 3.17. The van der Waals surface area contributed by atoms with E-state index < -0.39 is 0 Å². The lowest BCUT2D eigenvalue weighted by molar-refractivity contribution is 0.472. The van der Waals surface area contributed by atoms with Crippen LogP contribution in [0.1, 0.15) is 18.7 Å². The Morgan fingerprint density at radius 2 is 2.05 bits per heavy atom. The third kappa shape index (κ3) is 3.75. The molecule has 0 radical (unpaired) electrons. The molecule has 1 aromatic heterocycles. The van der Waals surface area contributed by atoms with Gasteiger partial charge in [-0.05, 0) is 38.2 Å². The Labute approximate surface area is 119 Å². The fourth-order valence-electron chi connectivity index (χ4n) is 1.58. The van der Waals surface area contributed by atoms with E-state index in [4.69, 9.17) is 4.74 Å². The maximum absolute atomic E-state index is 13.2. The van der Waals surface area contributed by atoms with E-state index in [1.54, 1.807) is 12.3 Å². The molecule has 0 saturated heterocycles. The molecular formula is C14H14BrFN2O. The van der Waals surface area contributed by atoms with Gasteiger partial charge in [0.25, 0.3) is 0 Å². The van der Waals surface area contributed by atoms with Gasteiger partial charge in [-0.1, -0.05) is 15.9 Å². The largest absolute Gasteiger partial charge is 0.456 e. The fourth-order valence-corrected chi connectivity index (χ4v) is 2.02. The Hall–Kier alpha value is -1.46. The molecule has 100 valence electrons. The van der Waals surface area contributed by atoms with Gasteiger partial charge in [0.15, 0.2) is 0 Å². The highest BCUT2D eigenvalue weighted by molar-refractivity contribution is 9.10. The number of benzene rings is 1. The molecule has 1 heterocycles. The Balaban J connectivity index is 2.15. The molecule has 0 aliphatic rings. The molecule has 0 aliphatic heterocycles. The number of nitrogens with one attached hydrogen (secondary N) is 1. The number of halogens is 2. The van der Waals surface area contributed by atoms with Crippen LogP contribution >= 0.6 is 15.9 Å². The predicted octanol–water partition coefficient (Wildman–Crippen LogP) is 4.06. The Morgan fingerprint density at radius 1 is 1.26 bits per heavy atom. The van der Waals surface area contributed by atoms with E-state index in [1.165, 1.54) is 12.1 Å². The SMILES string of the molecule is CNC(C)c1ccc(Oc2cc(F)cc(Br)c2)cn1. The van der Waals surface area contributed by atoms with Crippen LogP contribution < -0.4 is 10.1 Å². The zero-order valence-corrected chi connectivity index (χ0v) is 12.2. The molecule has 2 aromatic rings. The normalized spacial score (nSPS) is 12.2. The van der Waals surface area contributed by atoms with Gasteiger partial charge in [-0.25, -0.2) is 4.39 Å². The second kappa shape index (κ2) is 6.12. The number of hydrogen-bond donors (Lipinski definition) is 1. The zero-order valence-electron chi connectivity index (χ0n) is 10.7. The van der Waals surface area contributed by atoms with Crippen LogP contribution in [0, 0.1) is 5.82 Å². The Morgan fingerprint density at radius 3 is 2.63 bits per heavy atom. The molecule has 0 bridgehead atoms. The summed E-state index contributed by atoms with van der Waals surface area (Å²) in [5.74, 6) is 0.658. The number of rotatable bonds is 4. The van der Waals surface area contributed by atoms with Crippen LogP contribution in [0.5, 0.6) is 11.5 Å². The zero-order chi connectivity index (χ0) is 13.8. The molecule has 1 aromatic carbocycles. The van der Waals surface area contributed by atoms with Crippen molar-refractivity contribution in [1.29, 1.82) is 0 Å². The average Bonchev–Trinajstić information content (AvgIpc) is 2.37. The molecule has 3 nitrogen and oxygen atoms in total. The van der Waals surface area contributed by atoms with E-state index in [0.717, 1.165) is 5.69 Å². The van der Waals surface area contributed by atoms with Gasteiger partial charge < -0.3 is 10.1 Å². The van der Waals surface area contributed by atoms with Crippen molar-refractivity contribution >= 4 is 15.9 Å². The van der Waals surface area contributed by atoms with Crippen molar-refractivity contribution in [3.05, 3.63) is 52.5 Å². The van der Waals surface area contributed by atoms with Crippen molar-refractivity contribution in [2.45, 2.75) is 13.0 Å². The first kappa shape index (κ1) is 14.0. The molecule has 0 fully saturated rings. The summed E-state index contributed by atoms with van der Waals surface area (Å²) in [6.07, 6.45) is 1.63. The van der Waals surface area contributed by atoms with Crippen LogP contribution in [-0.4, -0.2) is 12.0 Å². The van der Waals surface area contributed by atoms with E-state index >= 15 is 0 Å². The predicted molar refractivity (Wildman–Crippen MR) is 75.9 cm³/mol. The minimum atomic E-state index is -0.349. The molecule has 19 heavy (non-hydrogen) atoms. The summed E-state index contributed by atoms with van der Waals surface area (Å²) in [4.78, 5) is 4.30. The molecule has 0 aliphatic carbocycles. The lowest BCUT2D eigenvalue weighted by Crippen LogP contribution is -2.13. The second-order valence-electron chi connectivity index (χ2n) is 4.14. The van der Waals surface area contributed by atoms with Gasteiger partial charge in [0, 0.05) is 16.6 Å². The summed E-state index contributed by atoms with van der Waals surface area (Å²) < 4.78 is 19.4. The molecule has 0 spiro atoms. The number of nitrogens with zero attached hydrogens (tertiary/aromatic N) is 1. The van der Waals surface area contributed by atoms with Gasteiger partial charge >= 0.3 is 0 Å². The lowest BCUT2D eigenvalue weighted by atomic mass is 10.2. The van der Waals surface area contributed by atoms with E-state index in [-0.39, 0.29) is 11.9 Å². The summed E-state index contributed by atoms with van der Waals surface area (Å²) in [6.45, 7) is 2.02. The van der Waals surface area contributed by atoms with Crippen LogP contribution in [0.25, 0.3) is 0 Å². The van der Waals surface area contributed by atoms with Gasteiger partial charge in [0.2, 0.25) is 0 Å². The topological polar surface area (TPSA) is 34.1 Å². The maximum atomic E-state index is 13.2. The van der Waals surface area contributed by atoms with E-state index in [1.807, 2.05) is 26.1 Å². The second-order valence-corrected chi connectivity index (χ2v) is 5.05. The minimum absolute atomic E-state index is 0.178. The highest BCUT2D eigenvalue weighted by Gasteiger charge is 2.05. The van der Waals surface area contributed by atoms with Gasteiger partial charge in [-0.3, -0.25) is 4.98 Å². The highest BCUT2D eigenvalue weighted by Crippen LogP contribution is 2.26. The molecule has 0 amide bonds. The smallest absolute Gasteiger partial charge is 0.145 e. The first-order valence-corrected chi connectivity index (χ1v) is 6.65. The van der Waals surface area contributed by atoms with Crippen LogP contribution in [0.15, 0.2) is 41.0 Å². The van der Waals surface area contributed by atoms with Gasteiger partial charge in [0.05, 0.1) is 11.9 Å². The third-order valence-electron chi connectivity index (χ3n) is 2.71. The number of pyridine rings is 1. The maximum Gasteiger partial charge on any atom is 0.145 e. The van der Waals surface area contributed by atoms with E-state index in [2.05, 4.69) is 26.2 Å². The van der Waals surface area contributed by atoms with Gasteiger partial charge in [-0.15, -0.1) is 0 Å². The molecule has 1 unspecified atom stereocenters. The molecular weight excluding hydrogens is 311 g/mol. The van der Waals surface area contributed by atoms with Crippen molar-refractivity contribution in [2.75, 3.05) is 7.05 Å². The van der Waals surface area contributed by atoms with E-state index in [9.17, 15) is 4.39 Å². The summed E-state index contributed by atoms with van der Waals surface area (Å²) in [5, 5.41) is 3.11. The van der Waals surface area contributed by atoms with E-state index in [0.29, 0.717) is 16.0 Å². The molecule has 1 atom stereocenters. The number of ether oxygens (including phenoxy) is 1. The van der Waals surface area contributed by atoms with Gasteiger partial charge in [0.1, 0.15) is 17.3 Å². The number of aromatic nitrogens is 1. The summed E-state index contributed by atoms with van der Waals surface area (Å²) in [6, 6.07) is 8.28. The number of hydrogen-bond acceptors (Lipinski definition) is 3. The van der Waals surface area contributed by atoms with Crippen molar-refractivity contribution in [2.24, 2.45) is 0 Å². The van der Waals surface area contributed by atoms with Gasteiger partial charge in [-0.2, -0.15) is 0 Å². The monoisotopic (exact) mass is 324 g/mol. The first-order valence-electron chi connectivity index (χ1n) is 5.85. The first-order chi connectivity index (χ1) is 9.08. The van der Waals surface area contributed by atoms with Crippen LogP contribution in [-0.2, 0) is 0 Å². The minimum Gasteiger partial charge on any atom is -0.456 e.